The first-order chi connectivity index (χ1) is 7.63. The monoisotopic (exact) mass is 236 g/mol. The molecule has 0 amide bonds. The summed E-state index contributed by atoms with van der Waals surface area (Å²) in [5.74, 6) is -0.0239. The summed E-state index contributed by atoms with van der Waals surface area (Å²) in [6.45, 7) is 0. The first-order valence-corrected chi connectivity index (χ1v) is 4.93. The number of nitrogens with two attached hydrogens (primary N) is 1. The number of carbonyl (C=O) groups excluding carboxylic acids is 1. The van der Waals surface area contributed by atoms with Crippen LogP contribution in [0.4, 0.5) is 5.82 Å². The molecular weight excluding hydrogens is 228 g/mol. The van der Waals surface area contributed by atoms with E-state index < -0.39 is 5.97 Å². The molecule has 0 fully saturated rings. The molecule has 0 radical (unpaired) electrons. The summed E-state index contributed by atoms with van der Waals surface area (Å²) in [5, 5.41) is 1.87. The summed E-state index contributed by atoms with van der Waals surface area (Å²) in [5.41, 5.74) is 6.13. The SMILES string of the molecule is COC(=O)c1ccc2c(N)ncc(Cl)c2c1. The fraction of sp³-hybridized carbons (Fsp3) is 0.0909. The number of nitrogen functional groups attached to an aromatic ring is 1. The van der Waals surface area contributed by atoms with Gasteiger partial charge in [0.1, 0.15) is 5.82 Å². The van der Waals surface area contributed by atoms with Gasteiger partial charge in [-0.05, 0) is 18.2 Å². The maximum atomic E-state index is 11.3. The molecule has 0 saturated carbocycles. The fourth-order valence-corrected chi connectivity index (χ4v) is 1.68. The molecule has 4 nitrogen and oxygen atoms in total. The Morgan fingerprint density at radius 3 is 2.88 bits per heavy atom. The Labute approximate surface area is 97.0 Å². The molecule has 2 rings (SSSR count). The summed E-state index contributed by atoms with van der Waals surface area (Å²) in [6, 6.07) is 4.97. The number of benzene rings is 1. The average Bonchev–Trinajstić information content (AvgIpc) is 2.32. The van der Waals surface area contributed by atoms with Crippen molar-refractivity contribution in [3.63, 3.8) is 0 Å². The number of carbonyl (C=O) groups is 1. The highest BCUT2D eigenvalue weighted by molar-refractivity contribution is 6.35. The number of halogens is 1. The van der Waals surface area contributed by atoms with Gasteiger partial charge in [0.25, 0.3) is 0 Å². The molecule has 82 valence electrons. The van der Waals surface area contributed by atoms with Crippen LogP contribution in [-0.2, 0) is 4.74 Å². The Bertz CT molecular complexity index is 569. The predicted octanol–water partition coefficient (Wildman–Crippen LogP) is 2.26. The summed E-state index contributed by atoms with van der Waals surface area (Å²) in [4.78, 5) is 15.3. The molecule has 0 atom stereocenters. The smallest absolute Gasteiger partial charge is 0.337 e. The molecule has 1 aromatic carbocycles. The lowest BCUT2D eigenvalue weighted by molar-refractivity contribution is 0.0601. The molecule has 1 aromatic heterocycles. The summed E-state index contributed by atoms with van der Waals surface area (Å²) in [6.07, 6.45) is 1.46. The van der Waals surface area contributed by atoms with Crippen LogP contribution in [0.3, 0.4) is 0 Å². The number of pyridine rings is 1. The quantitative estimate of drug-likeness (QED) is 0.772. The third-order valence-corrected chi connectivity index (χ3v) is 2.59. The van der Waals surface area contributed by atoms with E-state index in [1.807, 2.05) is 0 Å². The van der Waals surface area contributed by atoms with E-state index in [9.17, 15) is 4.79 Å². The van der Waals surface area contributed by atoms with Crippen LogP contribution in [0.1, 0.15) is 10.4 Å². The van der Waals surface area contributed by atoms with Crippen LogP contribution in [0.2, 0.25) is 5.02 Å². The number of rotatable bonds is 1. The number of esters is 1. The van der Waals surface area contributed by atoms with Crippen molar-refractivity contribution in [2.45, 2.75) is 0 Å². The Balaban J connectivity index is 2.70. The first kappa shape index (κ1) is 10.7. The van der Waals surface area contributed by atoms with E-state index in [0.717, 1.165) is 5.39 Å². The van der Waals surface area contributed by atoms with Crippen molar-refractivity contribution in [2.75, 3.05) is 12.8 Å². The molecule has 16 heavy (non-hydrogen) atoms. The van der Waals surface area contributed by atoms with Gasteiger partial charge in [-0.25, -0.2) is 9.78 Å². The highest BCUT2D eigenvalue weighted by Crippen LogP contribution is 2.27. The van der Waals surface area contributed by atoms with E-state index in [4.69, 9.17) is 17.3 Å². The molecule has 0 aliphatic rings. The van der Waals surface area contributed by atoms with Crippen molar-refractivity contribution in [3.8, 4) is 0 Å². The molecule has 0 unspecified atom stereocenters. The van der Waals surface area contributed by atoms with Gasteiger partial charge in [-0.3, -0.25) is 0 Å². The standard InChI is InChI=1S/C11H9ClN2O2/c1-16-11(15)6-2-3-7-8(4-6)9(12)5-14-10(7)13/h2-5H,1H3,(H2,13,14). The lowest BCUT2D eigenvalue weighted by atomic mass is 10.1. The van der Waals surface area contributed by atoms with Gasteiger partial charge in [0.2, 0.25) is 0 Å². The maximum absolute atomic E-state index is 11.3. The number of fused-ring (bicyclic) bond motifs is 1. The number of hydrogen-bond acceptors (Lipinski definition) is 4. The van der Waals surface area contributed by atoms with Gasteiger partial charge >= 0.3 is 5.97 Å². The van der Waals surface area contributed by atoms with Crippen LogP contribution in [0.5, 0.6) is 0 Å². The largest absolute Gasteiger partial charge is 0.465 e. The number of hydrogen-bond donors (Lipinski definition) is 1. The summed E-state index contributed by atoms with van der Waals surface area (Å²) < 4.78 is 4.63. The minimum Gasteiger partial charge on any atom is -0.465 e. The van der Waals surface area contributed by atoms with E-state index in [1.54, 1.807) is 18.2 Å². The minimum atomic E-state index is -0.409. The van der Waals surface area contributed by atoms with E-state index in [-0.39, 0.29) is 0 Å². The Morgan fingerprint density at radius 2 is 2.19 bits per heavy atom. The van der Waals surface area contributed by atoms with Gasteiger partial charge < -0.3 is 10.5 Å². The zero-order valence-corrected chi connectivity index (χ0v) is 9.28. The minimum absolute atomic E-state index is 0.385. The molecule has 0 saturated heterocycles. The highest BCUT2D eigenvalue weighted by atomic mass is 35.5. The van der Waals surface area contributed by atoms with Crippen LogP contribution in [0.15, 0.2) is 24.4 Å². The second-order valence-corrected chi connectivity index (χ2v) is 3.65. The second-order valence-electron chi connectivity index (χ2n) is 3.24. The number of aromatic nitrogens is 1. The molecule has 2 N–H and O–H groups in total. The number of anilines is 1. The lowest BCUT2D eigenvalue weighted by Gasteiger charge is -2.05. The second kappa shape index (κ2) is 3.98. The van der Waals surface area contributed by atoms with Gasteiger partial charge in [0, 0.05) is 17.0 Å². The van der Waals surface area contributed by atoms with Crippen molar-refractivity contribution in [1.29, 1.82) is 0 Å². The van der Waals surface area contributed by atoms with Crippen molar-refractivity contribution in [3.05, 3.63) is 35.0 Å². The van der Waals surface area contributed by atoms with Crippen molar-refractivity contribution >= 4 is 34.2 Å². The average molecular weight is 237 g/mol. The van der Waals surface area contributed by atoms with Crippen molar-refractivity contribution < 1.29 is 9.53 Å². The number of methoxy groups -OCH3 is 1. The third kappa shape index (κ3) is 1.67. The van der Waals surface area contributed by atoms with Gasteiger partial charge in [-0.1, -0.05) is 11.6 Å². The van der Waals surface area contributed by atoms with Crippen LogP contribution in [0, 0.1) is 0 Å². The third-order valence-electron chi connectivity index (χ3n) is 2.29. The Kier molecular flexibility index (Phi) is 2.66. The molecule has 1 heterocycles. The molecule has 0 bridgehead atoms. The van der Waals surface area contributed by atoms with Gasteiger partial charge in [0.15, 0.2) is 0 Å². The predicted molar refractivity (Wildman–Crippen MR) is 62.5 cm³/mol. The van der Waals surface area contributed by atoms with E-state index in [0.29, 0.717) is 21.8 Å². The van der Waals surface area contributed by atoms with Gasteiger partial charge in [-0.15, -0.1) is 0 Å². The van der Waals surface area contributed by atoms with E-state index in [1.165, 1.54) is 13.3 Å². The van der Waals surface area contributed by atoms with Crippen molar-refractivity contribution in [2.24, 2.45) is 0 Å². The van der Waals surface area contributed by atoms with E-state index >= 15 is 0 Å². The highest BCUT2D eigenvalue weighted by Gasteiger charge is 2.09. The van der Waals surface area contributed by atoms with Crippen LogP contribution < -0.4 is 5.73 Å². The molecular formula is C11H9ClN2O2. The van der Waals surface area contributed by atoms with Gasteiger partial charge in [0.05, 0.1) is 17.7 Å². The normalized spacial score (nSPS) is 10.4. The summed E-state index contributed by atoms with van der Waals surface area (Å²) >= 11 is 5.98. The molecule has 0 spiro atoms. The topological polar surface area (TPSA) is 65.2 Å². The summed E-state index contributed by atoms with van der Waals surface area (Å²) in [7, 11) is 1.33. The first-order valence-electron chi connectivity index (χ1n) is 4.55. The Morgan fingerprint density at radius 1 is 1.44 bits per heavy atom. The molecule has 5 heteroatoms. The van der Waals surface area contributed by atoms with Gasteiger partial charge in [-0.2, -0.15) is 0 Å². The fourth-order valence-electron chi connectivity index (χ4n) is 1.48. The lowest BCUT2D eigenvalue weighted by Crippen LogP contribution is -2.01. The Hall–Kier alpha value is -1.81. The number of nitrogens with zero attached hydrogens (tertiary/aromatic N) is 1. The number of ether oxygens (including phenoxy) is 1. The zero-order chi connectivity index (χ0) is 11.7. The van der Waals surface area contributed by atoms with Crippen LogP contribution in [0.25, 0.3) is 10.8 Å². The van der Waals surface area contributed by atoms with E-state index in [2.05, 4.69) is 9.72 Å². The van der Waals surface area contributed by atoms with Crippen LogP contribution in [-0.4, -0.2) is 18.1 Å². The maximum Gasteiger partial charge on any atom is 0.337 e. The van der Waals surface area contributed by atoms with Crippen molar-refractivity contribution in [1.82, 2.24) is 4.98 Å². The molecule has 2 aromatic rings. The van der Waals surface area contributed by atoms with Crippen LogP contribution >= 0.6 is 11.6 Å². The molecule has 0 aliphatic heterocycles. The molecule has 0 aliphatic carbocycles. The zero-order valence-electron chi connectivity index (χ0n) is 8.53.